The Hall–Kier alpha value is -0.610. The Morgan fingerprint density at radius 3 is 2.35 bits per heavy atom. The predicted molar refractivity (Wildman–Crippen MR) is 69.0 cm³/mol. The van der Waals surface area contributed by atoms with E-state index in [0.717, 1.165) is 32.5 Å². The van der Waals surface area contributed by atoms with Crippen LogP contribution in [-0.4, -0.2) is 61.6 Å². The number of hydrogen-bond donors (Lipinski definition) is 0. The highest BCUT2D eigenvalue weighted by molar-refractivity contribution is 5.77. The summed E-state index contributed by atoms with van der Waals surface area (Å²) in [5, 5.41) is 0. The van der Waals surface area contributed by atoms with Gasteiger partial charge in [-0.25, -0.2) is 0 Å². The molecule has 100 valence electrons. The first-order valence-corrected chi connectivity index (χ1v) is 6.55. The minimum absolute atomic E-state index is 0.300. The lowest BCUT2D eigenvalue weighted by molar-refractivity contribution is -0.138. The number of carbonyl (C=O) groups is 1. The van der Waals surface area contributed by atoms with Gasteiger partial charge in [0.15, 0.2) is 0 Å². The molecule has 1 aliphatic heterocycles. The van der Waals surface area contributed by atoms with Crippen molar-refractivity contribution in [2.24, 2.45) is 0 Å². The SMILES string of the molecule is COCCCCC(=O)N1C(C)CN(C)CC1C. The maximum absolute atomic E-state index is 12.2. The van der Waals surface area contributed by atoms with Gasteiger partial charge in [-0.05, 0) is 33.7 Å². The normalized spacial score (nSPS) is 26.2. The highest BCUT2D eigenvalue weighted by atomic mass is 16.5. The molecule has 2 unspecified atom stereocenters. The Balaban J connectivity index is 2.39. The summed E-state index contributed by atoms with van der Waals surface area (Å²) in [6, 6.07) is 0.664. The van der Waals surface area contributed by atoms with E-state index in [1.54, 1.807) is 7.11 Å². The van der Waals surface area contributed by atoms with Crippen molar-refractivity contribution in [3.8, 4) is 0 Å². The summed E-state index contributed by atoms with van der Waals surface area (Å²) >= 11 is 0. The third-order valence-electron chi connectivity index (χ3n) is 3.38. The smallest absolute Gasteiger partial charge is 0.223 e. The van der Waals surface area contributed by atoms with Gasteiger partial charge in [0.1, 0.15) is 0 Å². The Morgan fingerprint density at radius 2 is 1.82 bits per heavy atom. The summed E-state index contributed by atoms with van der Waals surface area (Å²) in [4.78, 5) is 16.5. The molecule has 1 heterocycles. The van der Waals surface area contributed by atoms with Crippen LogP contribution in [0.3, 0.4) is 0 Å². The molecule has 4 nitrogen and oxygen atoms in total. The first-order valence-electron chi connectivity index (χ1n) is 6.55. The number of amides is 1. The first kappa shape index (κ1) is 14.5. The Morgan fingerprint density at radius 1 is 1.24 bits per heavy atom. The van der Waals surface area contributed by atoms with Crippen LogP contribution in [0.25, 0.3) is 0 Å². The van der Waals surface area contributed by atoms with Gasteiger partial charge in [-0.1, -0.05) is 0 Å². The molecule has 4 heteroatoms. The van der Waals surface area contributed by atoms with Crippen molar-refractivity contribution in [1.82, 2.24) is 9.80 Å². The zero-order valence-corrected chi connectivity index (χ0v) is 11.6. The third-order valence-corrected chi connectivity index (χ3v) is 3.38. The molecule has 0 aromatic rings. The molecule has 1 saturated heterocycles. The molecule has 0 bridgehead atoms. The van der Waals surface area contributed by atoms with E-state index in [1.165, 1.54) is 0 Å². The number of piperazine rings is 1. The largest absolute Gasteiger partial charge is 0.385 e. The Kier molecular flexibility index (Phi) is 5.92. The third kappa shape index (κ3) is 4.28. The highest BCUT2D eigenvalue weighted by Gasteiger charge is 2.30. The lowest BCUT2D eigenvalue weighted by Crippen LogP contribution is -2.57. The molecule has 0 N–H and O–H groups in total. The molecule has 1 aliphatic rings. The van der Waals surface area contributed by atoms with E-state index in [-0.39, 0.29) is 0 Å². The van der Waals surface area contributed by atoms with Crippen molar-refractivity contribution in [3.63, 3.8) is 0 Å². The summed E-state index contributed by atoms with van der Waals surface area (Å²) in [5.74, 6) is 0.300. The van der Waals surface area contributed by atoms with Crippen LogP contribution in [0.4, 0.5) is 0 Å². The van der Waals surface area contributed by atoms with Gasteiger partial charge in [-0.15, -0.1) is 0 Å². The zero-order valence-electron chi connectivity index (χ0n) is 11.6. The van der Waals surface area contributed by atoms with Crippen molar-refractivity contribution in [3.05, 3.63) is 0 Å². The summed E-state index contributed by atoms with van der Waals surface area (Å²) in [6.07, 6.45) is 2.55. The molecular formula is C13H26N2O2. The quantitative estimate of drug-likeness (QED) is 0.682. The maximum atomic E-state index is 12.2. The maximum Gasteiger partial charge on any atom is 0.223 e. The van der Waals surface area contributed by atoms with Crippen LogP contribution in [0, 0.1) is 0 Å². The van der Waals surface area contributed by atoms with Crippen molar-refractivity contribution < 1.29 is 9.53 Å². The molecule has 0 aliphatic carbocycles. The summed E-state index contributed by atoms with van der Waals surface area (Å²) in [6.45, 7) is 6.99. The van der Waals surface area contributed by atoms with Gasteiger partial charge in [-0.2, -0.15) is 0 Å². The number of methoxy groups -OCH3 is 1. The molecule has 0 aromatic heterocycles. The Bertz CT molecular complexity index is 234. The second-order valence-corrected chi connectivity index (χ2v) is 5.17. The average Bonchev–Trinajstić information content (AvgIpc) is 2.23. The molecule has 0 aromatic carbocycles. The monoisotopic (exact) mass is 242 g/mol. The van der Waals surface area contributed by atoms with Gasteiger partial charge in [0.2, 0.25) is 5.91 Å². The molecule has 17 heavy (non-hydrogen) atoms. The van der Waals surface area contributed by atoms with Gasteiger partial charge >= 0.3 is 0 Å². The molecule has 0 spiro atoms. The predicted octanol–water partition coefficient (Wildman–Crippen LogP) is 1.35. The number of likely N-dealkylation sites (N-methyl/N-ethyl adjacent to an activating group) is 1. The number of ether oxygens (including phenoxy) is 1. The van der Waals surface area contributed by atoms with Crippen LogP contribution >= 0.6 is 0 Å². The number of unbranched alkanes of at least 4 members (excludes halogenated alkanes) is 1. The lowest BCUT2D eigenvalue weighted by atomic mass is 10.1. The molecule has 0 radical (unpaired) electrons. The van der Waals surface area contributed by atoms with E-state index in [1.807, 2.05) is 0 Å². The van der Waals surface area contributed by atoms with Gasteiger partial charge in [0, 0.05) is 45.3 Å². The number of carbonyl (C=O) groups excluding carboxylic acids is 1. The van der Waals surface area contributed by atoms with Crippen molar-refractivity contribution in [2.45, 2.75) is 45.2 Å². The molecule has 1 fully saturated rings. The fourth-order valence-electron chi connectivity index (χ4n) is 2.73. The van der Waals surface area contributed by atoms with Crippen LogP contribution in [0.5, 0.6) is 0 Å². The fourth-order valence-corrected chi connectivity index (χ4v) is 2.73. The molecule has 0 saturated carbocycles. The van der Waals surface area contributed by atoms with Gasteiger partial charge in [-0.3, -0.25) is 4.79 Å². The number of hydrogen-bond acceptors (Lipinski definition) is 3. The van der Waals surface area contributed by atoms with Crippen LogP contribution < -0.4 is 0 Å². The summed E-state index contributed by atoms with van der Waals surface area (Å²) in [7, 11) is 3.82. The van der Waals surface area contributed by atoms with Crippen LogP contribution in [0.1, 0.15) is 33.1 Å². The van der Waals surface area contributed by atoms with Crippen molar-refractivity contribution >= 4 is 5.91 Å². The summed E-state index contributed by atoms with van der Waals surface area (Å²) < 4.78 is 4.99. The minimum Gasteiger partial charge on any atom is -0.385 e. The molecule has 1 amide bonds. The number of rotatable bonds is 5. The van der Waals surface area contributed by atoms with Gasteiger partial charge in [0.05, 0.1) is 0 Å². The van der Waals surface area contributed by atoms with E-state index in [9.17, 15) is 4.79 Å². The second-order valence-electron chi connectivity index (χ2n) is 5.17. The molecular weight excluding hydrogens is 216 g/mol. The van der Waals surface area contributed by atoms with E-state index in [4.69, 9.17) is 4.74 Å². The molecule has 1 rings (SSSR count). The first-order chi connectivity index (χ1) is 8.06. The van der Waals surface area contributed by atoms with E-state index >= 15 is 0 Å². The van der Waals surface area contributed by atoms with Gasteiger partial charge < -0.3 is 14.5 Å². The lowest BCUT2D eigenvalue weighted by Gasteiger charge is -2.43. The molecule has 2 atom stereocenters. The Labute approximate surface area is 105 Å². The second kappa shape index (κ2) is 6.97. The van der Waals surface area contributed by atoms with Gasteiger partial charge in [0.25, 0.3) is 0 Å². The van der Waals surface area contributed by atoms with E-state index in [0.29, 0.717) is 24.4 Å². The standard InChI is InChI=1S/C13H26N2O2/c1-11-9-14(3)10-12(2)15(11)13(16)7-5-6-8-17-4/h11-12H,5-10H2,1-4H3. The van der Waals surface area contributed by atoms with E-state index < -0.39 is 0 Å². The highest BCUT2D eigenvalue weighted by Crippen LogP contribution is 2.16. The summed E-state index contributed by atoms with van der Waals surface area (Å²) in [5.41, 5.74) is 0. The van der Waals surface area contributed by atoms with Crippen LogP contribution in [-0.2, 0) is 9.53 Å². The average molecular weight is 242 g/mol. The van der Waals surface area contributed by atoms with Crippen molar-refractivity contribution in [1.29, 1.82) is 0 Å². The van der Waals surface area contributed by atoms with Crippen LogP contribution in [0.15, 0.2) is 0 Å². The zero-order chi connectivity index (χ0) is 12.8. The number of nitrogens with zero attached hydrogens (tertiary/aromatic N) is 2. The van der Waals surface area contributed by atoms with E-state index in [2.05, 4.69) is 30.7 Å². The topological polar surface area (TPSA) is 32.8 Å². The van der Waals surface area contributed by atoms with Crippen LogP contribution in [0.2, 0.25) is 0 Å². The fraction of sp³-hybridized carbons (Fsp3) is 0.923. The van der Waals surface area contributed by atoms with Crippen molar-refractivity contribution in [2.75, 3.05) is 33.9 Å². The minimum atomic E-state index is 0.300.